The summed E-state index contributed by atoms with van der Waals surface area (Å²) in [6.07, 6.45) is 2.06. The highest BCUT2D eigenvalue weighted by atomic mass is 19.1. The lowest BCUT2D eigenvalue weighted by Crippen LogP contribution is -2.36. The van der Waals surface area contributed by atoms with E-state index in [0.29, 0.717) is 6.54 Å². The molecule has 1 unspecified atom stereocenters. The Morgan fingerprint density at radius 2 is 1.86 bits per heavy atom. The zero-order valence-electron chi connectivity index (χ0n) is 16.4. The van der Waals surface area contributed by atoms with Gasteiger partial charge >= 0.3 is 0 Å². The molecule has 2 aromatic rings. The van der Waals surface area contributed by atoms with Gasteiger partial charge in [-0.05, 0) is 36.1 Å². The Hall–Kier alpha value is -2.73. The molecule has 2 aromatic carbocycles. The van der Waals surface area contributed by atoms with Crippen LogP contribution < -0.4 is 10.2 Å². The normalized spacial score (nSPS) is 19.3. The monoisotopic (exact) mass is 395 g/mol. The molecule has 0 spiro atoms. The fourth-order valence-electron chi connectivity index (χ4n) is 4.19. The second-order valence-electron chi connectivity index (χ2n) is 7.80. The third-order valence-electron chi connectivity index (χ3n) is 5.80. The van der Waals surface area contributed by atoms with Crippen LogP contribution in [-0.2, 0) is 22.6 Å². The number of amides is 2. The predicted octanol–water partition coefficient (Wildman–Crippen LogP) is 2.74. The smallest absolute Gasteiger partial charge is 0.227 e. The van der Waals surface area contributed by atoms with E-state index in [1.165, 1.54) is 22.1 Å². The van der Waals surface area contributed by atoms with Crippen LogP contribution in [0.4, 0.5) is 10.1 Å². The topological polar surface area (TPSA) is 52.7 Å². The van der Waals surface area contributed by atoms with Crippen molar-refractivity contribution in [2.45, 2.75) is 25.8 Å². The van der Waals surface area contributed by atoms with Gasteiger partial charge in [-0.25, -0.2) is 4.39 Å². The van der Waals surface area contributed by atoms with Crippen LogP contribution >= 0.6 is 0 Å². The molecule has 0 saturated carbocycles. The minimum Gasteiger partial charge on any atom is -0.356 e. The Balaban J connectivity index is 1.22. The quantitative estimate of drug-likeness (QED) is 0.766. The number of rotatable bonds is 6. The van der Waals surface area contributed by atoms with Gasteiger partial charge in [0.15, 0.2) is 0 Å². The number of nitrogens with zero attached hydrogens (tertiary/aromatic N) is 2. The van der Waals surface area contributed by atoms with Crippen molar-refractivity contribution in [3.63, 3.8) is 0 Å². The Morgan fingerprint density at radius 1 is 1.10 bits per heavy atom. The van der Waals surface area contributed by atoms with Crippen LogP contribution in [0.3, 0.4) is 0 Å². The molecule has 152 valence electrons. The molecule has 29 heavy (non-hydrogen) atoms. The summed E-state index contributed by atoms with van der Waals surface area (Å²) in [5.41, 5.74) is 3.07. The highest BCUT2D eigenvalue weighted by Gasteiger charge is 2.35. The number of anilines is 1. The molecule has 4 rings (SSSR count). The first-order chi connectivity index (χ1) is 14.1. The van der Waals surface area contributed by atoms with E-state index >= 15 is 0 Å². The van der Waals surface area contributed by atoms with Crippen molar-refractivity contribution in [2.24, 2.45) is 5.92 Å². The number of nitrogens with one attached hydrogen (secondary N) is 1. The number of hydrogen-bond donors (Lipinski definition) is 1. The van der Waals surface area contributed by atoms with Gasteiger partial charge in [-0.15, -0.1) is 0 Å². The van der Waals surface area contributed by atoms with Crippen molar-refractivity contribution >= 4 is 17.5 Å². The number of hydrogen-bond acceptors (Lipinski definition) is 3. The fraction of sp³-hybridized carbons (Fsp3) is 0.391. The number of para-hydroxylation sites is 1. The molecule has 0 aliphatic carbocycles. The highest BCUT2D eigenvalue weighted by molar-refractivity contribution is 6.00. The van der Waals surface area contributed by atoms with Gasteiger partial charge in [-0.1, -0.05) is 36.4 Å². The van der Waals surface area contributed by atoms with Gasteiger partial charge in [0.25, 0.3) is 0 Å². The van der Waals surface area contributed by atoms with Gasteiger partial charge in [0.2, 0.25) is 11.8 Å². The first-order valence-corrected chi connectivity index (χ1v) is 10.2. The molecule has 0 aromatic heterocycles. The standard InChI is InChI=1S/C23H26FN3O2/c24-20-8-3-4-9-21(20)27-16-19(14-22(27)28)23(29)25-11-5-12-26-13-10-17-6-1-2-7-18(17)15-26/h1-4,6-9,19H,5,10-16H2,(H,25,29). The molecule has 2 heterocycles. The van der Waals surface area contributed by atoms with Gasteiger partial charge in [0, 0.05) is 39.1 Å². The van der Waals surface area contributed by atoms with Crippen LogP contribution in [0.25, 0.3) is 0 Å². The summed E-state index contributed by atoms with van der Waals surface area (Å²) in [5.74, 6) is -1.20. The van der Waals surface area contributed by atoms with Crippen LogP contribution in [0, 0.1) is 11.7 Å². The summed E-state index contributed by atoms with van der Waals surface area (Å²) in [5, 5.41) is 2.95. The molecule has 0 radical (unpaired) electrons. The minimum absolute atomic E-state index is 0.124. The van der Waals surface area contributed by atoms with E-state index < -0.39 is 11.7 Å². The number of halogens is 1. The summed E-state index contributed by atoms with van der Waals surface area (Å²) in [6.45, 7) is 3.74. The Bertz CT molecular complexity index is 901. The van der Waals surface area contributed by atoms with E-state index in [1.807, 2.05) is 0 Å². The molecule has 1 N–H and O–H groups in total. The second-order valence-corrected chi connectivity index (χ2v) is 7.80. The zero-order valence-corrected chi connectivity index (χ0v) is 16.4. The summed E-state index contributed by atoms with van der Waals surface area (Å²) in [7, 11) is 0. The maximum absolute atomic E-state index is 14.0. The average molecular weight is 395 g/mol. The van der Waals surface area contributed by atoms with Crippen molar-refractivity contribution in [1.82, 2.24) is 10.2 Å². The van der Waals surface area contributed by atoms with Crippen LogP contribution in [-0.4, -0.2) is 42.9 Å². The first-order valence-electron chi connectivity index (χ1n) is 10.2. The van der Waals surface area contributed by atoms with E-state index in [-0.39, 0.29) is 30.5 Å². The lowest BCUT2D eigenvalue weighted by atomic mass is 10.00. The maximum atomic E-state index is 14.0. The number of benzene rings is 2. The summed E-state index contributed by atoms with van der Waals surface area (Å²) >= 11 is 0. The summed E-state index contributed by atoms with van der Waals surface area (Å²) in [6, 6.07) is 14.7. The first kappa shape index (κ1) is 19.6. The Kier molecular flexibility index (Phi) is 5.90. The largest absolute Gasteiger partial charge is 0.356 e. The number of fused-ring (bicyclic) bond motifs is 1. The third kappa shape index (κ3) is 4.48. The van der Waals surface area contributed by atoms with Gasteiger partial charge in [0.05, 0.1) is 11.6 Å². The lowest BCUT2D eigenvalue weighted by molar-refractivity contribution is -0.126. The number of carbonyl (C=O) groups is 2. The molecule has 2 aliphatic rings. The van der Waals surface area contributed by atoms with Gasteiger partial charge in [-0.2, -0.15) is 0 Å². The van der Waals surface area contributed by atoms with Crippen LogP contribution in [0.2, 0.25) is 0 Å². The van der Waals surface area contributed by atoms with Crippen molar-refractivity contribution in [3.05, 3.63) is 65.5 Å². The van der Waals surface area contributed by atoms with Crippen LogP contribution in [0.1, 0.15) is 24.0 Å². The average Bonchev–Trinajstić information content (AvgIpc) is 3.13. The van der Waals surface area contributed by atoms with E-state index in [1.54, 1.807) is 18.2 Å². The fourth-order valence-corrected chi connectivity index (χ4v) is 4.19. The SMILES string of the molecule is O=C(NCCCN1CCc2ccccc2C1)C1CC(=O)N(c2ccccc2F)C1. The van der Waals surface area contributed by atoms with E-state index in [4.69, 9.17) is 0 Å². The van der Waals surface area contributed by atoms with Crippen LogP contribution in [0.15, 0.2) is 48.5 Å². The minimum atomic E-state index is -0.440. The highest BCUT2D eigenvalue weighted by Crippen LogP contribution is 2.27. The van der Waals surface area contributed by atoms with Crippen molar-refractivity contribution in [1.29, 1.82) is 0 Å². The van der Waals surface area contributed by atoms with Gasteiger partial charge in [-0.3, -0.25) is 14.5 Å². The third-order valence-corrected chi connectivity index (χ3v) is 5.80. The molecular weight excluding hydrogens is 369 g/mol. The molecule has 2 aliphatic heterocycles. The van der Waals surface area contributed by atoms with Gasteiger partial charge < -0.3 is 10.2 Å². The van der Waals surface area contributed by atoms with Gasteiger partial charge in [0.1, 0.15) is 5.82 Å². The van der Waals surface area contributed by atoms with Crippen molar-refractivity contribution < 1.29 is 14.0 Å². The predicted molar refractivity (Wildman–Crippen MR) is 110 cm³/mol. The lowest BCUT2D eigenvalue weighted by Gasteiger charge is -2.28. The molecule has 1 fully saturated rings. The summed E-state index contributed by atoms with van der Waals surface area (Å²) < 4.78 is 14.0. The zero-order chi connectivity index (χ0) is 20.2. The molecule has 1 atom stereocenters. The number of carbonyl (C=O) groups excluding carboxylic acids is 2. The molecule has 5 nitrogen and oxygen atoms in total. The Labute approximate surface area is 170 Å². The summed E-state index contributed by atoms with van der Waals surface area (Å²) in [4.78, 5) is 28.5. The van der Waals surface area contributed by atoms with E-state index in [9.17, 15) is 14.0 Å². The van der Waals surface area contributed by atoms with Crippen molar-refractivity contribution in [2.75, 3.05) is 31.1 Å². The van der Waals surface area contributed by atoms with E-state index in [0.717, 1.165) is 32.5 Å². The molecule has 2 amide bonds. The Morgan fingerprint density at radius 3 is 2.69 bits per heavy atom. The van der Waals surface area contributed by atoms with Crippen LogP contribution in [0.5, 0.6) is 0 Å². The molecular formula is C23H26FN3O2. The maximum Gasteiger partial charge on any atom is 0.227 e. The molecule has 1 saturated heterocycles. The molecule has 6 heteroatoms. The van der Waals surface area contributed by atoms with Crippen molar-refractivity contribution in [3.8, 4) is 0 Å². The molecule has 0 bridgehead atoms. The second kappa shape index (κ2) is 8.74. The van der Waals surface area contributed by atoms with E-state index in [2.05, 4.69) is 34.5 Å².